The standard InChI is InChI=1S/C17H15NO2/c1-11-5-3-4-6-14(11)17(19)16-10-12-9-13(20-2)7-8-15(12)18-16/h3-10,18H,1-2H3. The minimum absolute atomic E-state index is 0.0123. The molecule has 3 nitrogen and oxygen atoms in total. The number of methoxy groups -OCH3 is 1. The van der Waals surface area contributed by atoms with Gasteiger partial charge in [-0.05, 0) is 36.8 Å². The number of aryl methyl sites for hydroxylation is 1. The first-order valence-electron chi connectivity index (χ1n) is 6.46. The fourth-order valence-electron chi connectivity index (χ4n) is 2.33. The van der Waals surface area contributed by atoms with E-state index in [9.17, 15) is 4.79 Å². The molecule has 0 fully saturated rings. The molecule has 2 aromatic carbocycles. The molecule has 3 heteroatoms. The Morgan fingerprint density at radius 1 is 1.10 bits per heavy atom. The first-order valence-corrected chi connectivity index (χ1v) is 6.46. The van der Waals surface area contributed by atoms with Gasteiger partial charge in [-0.25, -0.2) is 0 Å². The highest BCUT2D eigenvalue weighted by molar-refractivity contribution is 6.10. The molecule has 0 aliphatic heterocycles. The summed E-state index contributed by atoms with van der Waals surface area (Å²) in [5.74, 6) is 0.796. The molecule has 0 atom stereocenters. The van der Waals surface area contributed by atoms with Gasteiger partial charge in [-0.3, -0.25) is 4.79 Å². The Bertz CT molecular complexity index is 787. The zero-order valence-electron chi connectivity index (χ0n) is 11.4. The molecule has 0 radical (unpaired) electrons. The number of benzene rings is 2. The third kappa shape index (κ3) is 2.07. The van der Waals surface area contributed by atoms with Gasteiger partial charge in [-0.2, -0.15) is 0 Å². The Balaban J connectivity index is 2.06. The number of rotatable bonds is 3. The average Bonchev–Trinajstić information content (AvgIpc) is 2.89. The smallest absolute Gasteiger partial charge is 0.209 e. The van der Waals surface area contributed by atoms with Gasteiger partial charge in [0.05, 0.1) is 12.8 Å². The monoisotopic (exact) mass is 265 g/mol. The van der Waals surface area contributed by atoms with Crippen molar-refractivity contribution < 1.29 is 9.53 Å². The van der Waals surface area contributed by atoms with Crippen molar-refractivity contribution >= 4 is 16.7 Å². The molecule has 0 saturated carbocycles. The number of hydrogen-bond donors (Lipinski definition) is 1. The Morgan fingerprint density at radius 2 is 1.90 bits per heavy atom. The minimum atomic E-state index is 0.0123. The number of carbonyl (C=O) groups is 1. The van der Waals surface area contributed by atoms with Crippen molar-refractivity contribution in [3.05, 3.63) is 65.4 Å². The summed E-state index contributed by atoms with van der Waals surface area (Å²) < 4.78 is 5.20. The van der Waals surface area contributed by atoms with Crippen LogP contribution < -0.4 is 4.74 Å². The predicted molar refractivity (Wildman–Crippen MR) is 79.5 cm³/mol. The minimum Gasteiger partial charge on any atom is -0.497 e. The molecule has 0 spiro atoms. The molecule has 100 valence electrons. The Kier molecular flexibility index (Phi) is 3.03. The molecule has 0 unspecified atom stereocenters. The van der Waals surface area contributed by atoms with Crippen LogP contribution in [0.4, 0.5) is 0 Å². The maximum atomic E-state index is 12.5. The van der Waals surface area contributed by atoms with Crippen LogP contribution in [0.25, 0.3) is 10.9 Å². The molecular formula is C17H15NO2. The molecule has 0 amide bonds. The number of aromatic amines is 1. The number of fused-ring (bicyclic) bond motifs is 1. The maximum Gasteiger partial charge on any atom is 0.209 e. The largest absolute Gasteiger partial charge is 0.497 e. The van der Waals surface area contributed by atoms with Gasteiger partial charge in [-0.1, -0.05) is 24.3 Å². The lowest BCUT2D eigenvalue weighted by Crippen LogP contribution is -2.03. The van der Waals surface area contributed by atoms with Gasteiger partial charge >= 0.3 is 0 Å². The quantitative estimate of drug-likeness (QED) is 0.733. The second-order valence-corrected chi connectivity index (χ2v) is 4.78. The van der Waals surface area contributed by atoms with Crippen LogP contribution in [-0.4, -0.2) is 17.9 Å². The molecule has 0 saturated heterocycles. The molecule has 20 heavy (non-hydrogen) atoms. The summed E-state index contributed by atoms with van der Waals surface area (Å²) in [7, 11) is 1.63. The summed E-state index contributed by atoms with van der Waals surface area (Å²) in [6, 6.07) is 15.2. The van der Waals surface area contributed by atoms with E-state index in [0.717, 1.165) is 27.8 Å². The number of nitrogens with one attached hydrogen (secondary N) is 1. The summed E-state index contributed by atoms with van der Waals surface area (Å²) in [5, 5.41) is 0.973. The summed E-state index contributed by atoms with van der Waals surface area (Å²) in [6.45, 7) is 1.94. The van der Waals surface area contributed by atoms with Gasteiger partial charge in [0, 0.05) is 16.5 Å². The van der Waals surface area contributed by atoms with E-state index in [1.807, 2.05) is 55.5 Å². The SMILES string of the molecule is COc1ccc2[nH]c(C(=O)c3ccccc3C)cc2c1. The van der Waals surface area contributed by atoms with Crippen molar-refractivity contribution in [3.8, 4) is 5.75 Å². The van der Waals surface area contributed by atoms with Crippen molar-refractivity contribution in [3.63, 3.8) is 0 Å². The van der Waals surface area contributed by atoms with Gasteiger partial charge in [-0.15, -0.1) is 0 Å². The lowest BCUT2D eigenvalue weighted by atomic mass is 10.0. The Hall–Kier alpha value is -2.55. The highest BCUT2D eigenvalue weighted by Gasteiger charge is 2.14. The van der Waals surface area contributed by atoms with Gasteiger partial charge in [0.1, 0.15) is 5.75 Å². The van der Waals surface area contributed by atoms with Crippen LogP contribution >= 0.6 is 0 Å². The van der Waals surface area contributed by atoms with Crippen LogP contribution in [0.15, 0.2) is 48.5 Å². The molecule has 1 N–H and O–H groups in total. The number of carbonyl (C=O) groups excluding carboxylic acids is 1. The van der Waals surface area contributed by atoms with E-state index in [-0.39, 0.29) is 5.78 Å². The Morgan fingerprint density at radius 3 is 2.65 bits per heavy atom. The van der Waals surface area contributed by atoms with Crippen molar-refractivity contribution in [2.75, 3.05) is 7.11 Å². The second-order valence-electron chi connectivity index (χ2n) is 4.78. The van der Waals surface area contributed by atoms with E-state index in [0.29, 0.717) is 5.69 Å². The zero-order valence-corrected chi connectivity index (χ0v) is 11.4. The predicted octanol–water partition coefficient (Wildman–Crippen LogP) is 3.72. The third-order valence-electron chi connectivity index (χ3n) is 3.46. The first kappa shape index (κ1) is 12.5. The fourth-order valence-corrected chi connectivity index (χ4v) is 2.33. The van der Waals surface area contributed by atoms with Crippen molar-refractivity contribution in [1.82, 2.24) is 4.98 Å². The number of H-pyrrole nitrogens is 1. The molecule has 0 aliphatic rings. The second kappa shape index (κ2) is 4.85. The highest BCUT2D eigenvalue weighted by atomic mass is 16.5. The van der Waals surface area contributed by atoms with Gasteiger partial charge in [0.2, 0.25) is 5.78 Å². The van der Waals surface area contributed by atoms with Crippen LogP contribution in [0.3, 0.4) is 0 Å². The zero-order chi connectivity index (χ0) is 14.1. The lowest BCUT2D eigenvalue weighted by molar-refractivity contribution is 0.103. The first-order chi connectivity index (χ1) is 9.69. The topological polar surface area (TPSA) is 42.1 Å². The Labute approximate surface area is 117 Å². The van der Waals surface area contributed by atoms with Gasteiger partial charge in [0.25, 0.3) is 0 Å². The van der Waals surface area contributed by atoms with Crippen LogP contribution in [0.5, 0.6) is 5.75 Å². The molecule has 0 aliphatic carbocycles. The summed E-state index contributed by atoms with van der Waals surface area (Å²) in [4.78, 5) is 15.7. The molecule has 1 heterocycles. The summed E-state index contributed by atoms with van der Waals surface area (Å²) in [5.41, 5.74) is 3.24. The summed E-state index contributed by atoms with van der Waals surface area (Å²) >= 11 is 0. The van der Waals surface area contributed by atoms with Gasteiger partial charge in [0.15, 0.2) is 0 Å². The molecule has 0 bridgehead atoms. The molecule has 3 aromatic rings. The normalized spacial score (nSPS) is 10.7. The van der Waals surface area contributed by atoms with Crippen LogP contribution in [-0.2, 0) is 0 Å². The number of ketones is 1. The van der Waals surface area contributed by atoms with Crippen LogP contribution in [0, 0.1) is 6.92 Å². The van der Waals surface area contributed by atoms with Crippen LogP contribution in [0.1, 0.15) is 21.6 Å². The van der Waals surface area contributed by atoms with E-state index in [1.165, 1.54) is 0 Å². The van der Waals surface area contributed by atoms with Crippen LogP contribution in [0.2, 0.25) is 0 Å². The molecular weight excluding hydrogens is 250 g/mol. The number of hydrogen-bond acceptors (Lipinski definition) is 2. The molecule has 3 rings (SSSR count). The van der Waals surface area contributed by atoms with E-state index >= 15 is 0 Å². The van der Waals surface area contributed by atoms with Crippen molar-refractivity contribution in [2.45, 2.75) is 6.92 Å². The fraction of sp³-hybridized carbons (Fsp3) is 0.118. The summed E-state index contributed by atoms with van der Waals surface area (Å²) in [6.07, 6.45) is 0. The number of aromatic nitrogens is 1. The highest BCUT2D eigenvalue weighted by Crippen LogP contribution is 2.23. The van der Waals surface area contributed by atoms with E-state index in [1.54, 1.807) is 7.11 Å². The van der Waals surface area contributed by atoms with Gasteiger partial charge < -0.3 is 9.72 Å². The van der Waals surface area contributed by atoms with Crippen molar-refractivity contribution in [2.24, 2.45) is 0 Å². The lowest BCUT2D eigenvalue weighted by Gasteiger charge is -2.02. The molecule has 1 aromatic heterocycles. The average molecular weight is 265 g/mol. The maximum absolute atomic E-state index is 12.5. The van der Waals surface area contributed by atoms with E-state index in [4.69, 9.17) is 4.74 Å². The number of ether oxygens (including phenoxy) is 1. The van der Waals surface area contributed by atoms with E-state index in [2.05, 4.69) is 4.98 Å². The van der Waals surface area contributed by atoms with E-state index < -0.39 is 0 Å². The van der Waals surface area contributed by atoms with Crippen molar-refractivity contribution in [1.29, 1.82) is 0 Å². The third-order valence-corrected chi connectivity index (χ3v) is 3.46.